The van der Waals surface area contributed by atoms with Crippen LogP contribution in [-0.4, -0.2) is 84.0 Å². The maximum atomic E-state index is 13.3. The second-order valence-electron chi connectivity index (χ2n) is 9.47. The number of methoxy groups -OCH3 is 2. The lowest BCUT2D eigenvalue weighted by atomic mass is 10.0. The van der Waals surface area contributed by atoms with Crippen LogP contribution in [0.15, 0.2) is 42.5 Å². The van der Waals surface area contributed by atoms with Crippen LogP contribution in [0.25, 0.3) is 16.9 Å². The number of ether oxygens (including phenoxy) is 2. The van der Waals surface area contributed by atoms with E-state index >= 15 is 0 Å². The highest BCUT2D eigenvalue weighted by atomic mass is 16.5. The van der Waals surface area contributed by atoms with Gasteiger partial charge >= 0.3 is 5.97 Å². The Morgan fingerprint density at radius 2 is 1.68 bits per heavy atom. The van der Waals surface area contributed by atoms with E-state index in [4.69, 9.17) is 9.47 Å². The van der Waals surface area contributed by atoms with Crippen LogP contribution in [0.1, 0.15) is 59.0 Å². The molecule has 2 aromatic carbocycles. The topological polar surface area (TPSA) is 97.1 Å². The van der Waals surface area contributed by atoms with Gasteiger partial charge in [-0.1, -0.05) is 19.9 Å². The quantitative estimate of drug-likeness (QED) is 0.374. The molecule has 38 heavy (non-hydrogen) atoms. The summed E-state index contributed by atoms with van der Waals surface area (Å²) in [5, 5.41) is 14.2. The third-order valence-electron chi connectivity index (χ3n) is 7.13. The number of amides is 1. The number of hydrogen-bond donors (Lipinski definition) is 1. The molecule has 0 aliphatic heterocycles. The summed E-state index contributed by atoms with van der Waals surface area (Å²) in [5.41, 5.74) is 3.38. The Labute approximate surface area is 223 Å². The summed E-state index contributed by atoms with van der Waals surface area (Å²) in [4.78, 5) is 29.3. The lowest BCUT2D eigenvalue weighted by Gasteiger charge is -2.23. The standard InChI is InChI=1S/C29H36N4O5/c1-6-32(7-2)16-15-31(3)28(34)20-13-14-23(21(17-20)19-11-12-19)33-24(18-22(30-33)29(35)36)27-25(37-4)9-8-10-26(27)38-5/h8-10,13-14,17-19H,6-7,11-12,15-16H2,1-5H3,(H,35,36). The fourth-order valence-electron chi connectivity index (χ4n) is 4.71. The Bertz CT molecular complexity index is 1290. The molecule has 0 spiro atoms. The minimum atomic E-state index is -1.13. The zero-order valence-electron chi connectivity index (χ0n) is 22.7. The van der Waals surface area contributed by atoms with Crippen molar-refractivity contribution in [2.24, 2.45) is 0 Å². The van der Waals surface area contributed by atoms with Crippen molar-refractivity contribution < 1.29 is 24.2 Å². The molecule has 1 aliphatic carbocycles. The SMILES string of the molecule is CCN(CC)CCN(C)C(=O)c1ccc(-n2nc(C(=O)O)cc2-c2c(OC)cccc2OC)c(C2CC2)c1. The van der Waals surface area contributed by atoms with E-state index in [-0.39, 0.29) is 17.5 Å². The molecule has 9 heteroatoms. The molecule has 1 amide bonds. The largest absolute Gasteiger partial charge is 0.496 e. The first-order valence-corrected chi connectivity index (χ1v) is 13.0. The Balaban J connectivity index is 1.78. The highest BCUT2D eigenvalue weighted by molar-refractivity contribution is 5.95. The van der Waals surface area contributed by atoms with E-state index in [0.29, 0.717) is 34.9 Å². The van der Waals surface area contributed by atoms with Crippen molar-refractivity contribution in [2.75, 3.05) is 47.4 Å². The molecule has 0 saturated heterocycles. The number of carboxylic acid groups (broad SMARTS) is 1. The Morgan fingerprint density at radius 3 is 2.24 bits per heavy atom. The first kappa shape index (κ1) is 27.2. The number of hydrogen-bond acceptors (Lipinski definition) is 6. The summed E-state index contributed by atoms with van der Waals surface area (Å²) < 4.78 is 12.8. The van der Waals surface area contributed by atoms with Gasteiger partial charge in [-0.05, 0) is 73.8 Å². The average molecular weight is 521 g/mol. The number of carbonyl (C=O) groups excluding carboxylic acids is 1. The molecule has 202 valence electrons. The second-order valence-corrected chi connectivity index (χ2v) is 9.47. The van der Waals surface area contributed by atoms with Crippen molar-refractivity contribution >= 4 is 11.9 Å². The van der Waals surface area contributed by atoms with Gasteiger partial charge in [0.1, 0.15) is 11.5 Å². The van der Waals surface area contributed by atoms with Crippen molar-refractivity contribution in [1.82, 2.24) is 19.6 Å². The maximum Gasteiger partial charge on any atom is 0.356 e. The Hall–Kier alpha value is -3.85. The summed E-state index contributed by atoms with van der Waals surface area (Å²) in [6.07, 6.45) is 2.01. The molecule has 0 unspecified atom stereocenters. The summed E-state index contributed by atoms with van der Waals surface area (Å²) in [7, 11) is 4.95. The lowest BCUT2D eigenvalue weighted by molar-refractivity contribution is 0.0689. The molecular formula is C29H36N4O5. The van der Waals surface area contributed by atoms with E-state index in [0.717, 1.165) is 43.7 Å². The molecule has 0 radical (unpaired) electrons. The molecule has 1 N–H and O–H groups in total. The van der Waals surface area contributed by atoms with Crippen molar-refractivity contribution in [3.05, 3.63) is 59.3 Å². The first-order chi connectivity index (χ1) is 18.3. The molecule has 1 fully saturated rings. The molecule has 0 bridgehead atoms. The minimum absolute atomic E-state index is 0.0380. The molecule has 1 heterocycles. The summed E-state index contributed by atoms with van der Waals surface area (Å²) >= 11 is 0. The molecule has 0 atom stereocenters. The van der Waals surface area contributed by atoms with E-state index in [1.54, 1.807) is 42.0 Å². The lowest BCUT2D eigenvalue weighted by Crippen LogP contribution is -2.36. The Kier molecular flexibility index (Phi) is 8.36. The summed E-state index contributed by atoms with van der Waals surface area (Å²) in [6, 6.07) is 12.5. The van der Waals surface area contributed by atoms with Crippen LogP contribution in [0, 0.1) is 0 Å². The number of carboxylic acids is 1. The van der Waals surface area contributed by atoms with Crippen LogP contribution in [0.2, 0.25) is 0 Å². The molecular weight excluding hydrogens is 484 g/mol. The van der Waals surface area contributed by atoms with Crippen LogP contribution in [0.3, 0.4) is 0 Å². The average Bonchev–Trinajstić information content (AvgIpc) is 3.70. The number of benzene rings is 2. The van der Waals surface area contributed by atoms with E-state index in [2.05, 4.69) is 23.8 Å². The number of aromatic nitrogens is 2. The maximum absolute atomic E-state index is 13.3. The van der Waals surface area contributed by atoms with Gasteiger partial charge in [-0.3, -0.25) is 4.79 Å². The molecule has 9 nitrogen and oxygen atoms in total. The number of carbonyl (C=O) groups is 2. The zero-order chi connectivity index (χ0) is 27.4. The van der Waals surface area contributed by atoms with Gasteiger partial charge in [0.15, 0.2) is 5.69 Å². The first-order valence-electron chi connectivity index (χ1n) is 13.0. The van der Waals surface area contributed by atoms with Gasteiger partial charge in [-0.25, -0.2) is 9.48 Å². The van der Waals surface area contributed by atoms with Crippen molar-refractivity contribution in [2.45, 2.75) is 32.6 Å². The van der Waals surface area contributed by atoms with Gasteiger partial charge in [0, 0.05) is 25.7 Å². The Morgan fingerprint density at radius 1 is 1.03 bits per heavy atom. The normalized spacial score (nSPS) is 13.0. The van der Waals surface area contributed by atoms with Crippen LogP contribution in [0.5, 0.6) is 11.5 Å². The van der Waals surface area contributed by atoms with E-state index in [9.17, 15) is 14.7 Å². The van der Waals surface area contributed by atoms with Crippen LogP contribution >= 0.6 is 0 Å². The van der Waals surface area contributed by atoms with Crippen LogP contribution < -0.4 is 9.47 Å². The number of rotatable bonds is 12. The summed E-state index contributed by atoms with van der Waals surface area (Å²) in [6.45, 7) is 7.58. The third kappa shape index (κ3) is 5.52. The smallest absolute Gasteiger partial charge is 0.356 e. The molecule has 1 aromatic heterocycles. The second kappa shape index (κ2) is 11.7. The van der Waals surface area contributed by atoms with Crippen molar-refractivity contribution in [3.8, 4) is 28.4 Å². The third-order valence-corrected chi connectivity index (χ3v) is 7.13. The van der Waals surface area contributed by atoms with Crippen LogP contribution in [0.4, 0.5) is 0 Å². The summed E-state index contributed by atoms with van der Waals surface area (Å²) in [5.74, 6) is 0.190. The van der Waals surface area contributed by atoms with Crippen molar-refractivity contribution in [1.29, 1.82) is 0 Å². The van der Waals surface area contributed by atoms with Gasteiger partial charge in [-0.2, -0.15) is 5.10 Å². The highest BCUT2D eigenvalue weighted by Crippen LogP contribution is 2.45. The van der Waals surface area contributed by atoms with E-state index in [1.165, 1.54) is 6.07 Å². The van der Waals surface area contributed by atoms with Gasteiger partial charge < -0.3 is 24.4 Å². The van der Waals surface area contributed by atoms with Gasteiger partial charge in [0.2, 0.25) is 0 Å². The molecule has 3 aromatic rings. The monoisotopic (exact) mass is 520 g/mol. The number of aromatic carboxylic acids is 1. The van der Waals surface area contributed by atoms with E-state index < -0.39 is 5.97 Å². The fourth-order valence-corrected chi connectivity index (χ4v) is 4.71. The number of likely N-dealkylation sites (N-methyl/N-ethyl adjacent to an activating group) is 2. The number of nitrogens with zero attached hydrogens (tertiary/aromatic N) is 4. The molecule has 1 saturated carbocycles. The predicted molar refractivity (Wildman–Crippen MR) is 146 cm³/mol. The predicted octanol–water partition coefficient (Wildman–Crippen LogP) is 4.55. The minimum Gasteiger partial charge on any atom is -0.496 e. The molecule has 4 rings (SSSR count). The van der Waals surface area contributed by atoms with Gasteiger partial charge in [0.25, 0.3) is 5.91 Å². The van der Waals surface area contributed by atoms with Gasteiger partial charge in [-0.15, -0.1) is 0 Å². The van der Waals surface area contributed by atoms with E-state index in [1.807, 2.05) is 25.2 Å². The highest BCUT2D eigenvalue weighted by Gasteiger charge is 2.30. The molecule has 1 aliphatic rings. The zero-order valence-corrected chi connectivity index (χ0v) is 22.7. The fraction of sp³-hybridized carbons (Fsp3) is 0.414. The van der Waals surface area contributed by atoms with Gasteiger partial charge in [0.05, 0.1) is 31.2 Å². The van der Waals surface area contributed by atoms with Crippen LogP contribution in [-0.2, 0) is 0 Å². The van der Waals surface area contributed by atoms with Crippen molar-refractivity contribution in [3.63, 3.8) is 0 Å².